The molecule has 1 aliphatic carbocycles. The molecule has 0 spiro atoms. The number of likely N-dealkylation sites (N-methyl/N-ethyl adjacent to an activating group) is 1. The molecule has 17 heavy (non-hydrogen) atoms. The topological polar surface area (TPSA) is 15.3 Å². The third-order valence-electron chi connectivity index (χ3n) is 5.02. The van der Waals surface area contributed by atoms with Gasteiger partial charge in [0.15, 0.2) is 0 Å². The van der Waals surface area contributed by atoms with Crippen LogP contribution in [0.1, 0.15) is 59.3 Å². The first-order valence-electron chi connectivity index (χ1n) is 7.63. The van der Waals surface area contributed by atoms with Crippen LogP contribution in [0.3, 0.4) is 0 Å². The van der Waals surface area contributed by atoms with Crippen LogP contribution in [0.2, 0.25) is 0 Å². The first-order chi connectivity index (χ1) is 8.14. The molecule has 2 nitrogen and oxygen atoms in total. The molecular weight excluding hydrogens is 208 g/mol. The largest absolute Gasteiger partial charge is 0.312 e. The summed E-state index contributed by atoms with van der Waals surface area (Å²) in [6, 6.07) is 0.677. The van der Waals surface area contributed by atoms with Crippen LogP contribution in [0.4, 0.5) is 0 Å². The standard InChI is InChI=1S/C15H30N2/c1-4-16-14(12-13-8-7-9-13)15(2,3)17-10-5-6-11-17/h13-14,16H,4-12H2,1-3H3. The van der Waals surface area contributed by atoms with Crippen molar-refractivity contribution in [2.45, 2.75) is 70.9 Å². The van der Waals surface area contributed by atoms with Crippen LogP contribution in [-0.2, 0) is 0 Å². The molecule has 1 atom stereocenters. The van der Waals surface area contributed by atoms with Crippen molar-refractivity contribution >= 4 is 0 Å². The Bertz CT molecular complexity index is 227. The molecule has 2 heteroatoms. The fourth-order valence-electron chi connectivity index (χ4n) is 3.44. The van der Waals surface area contributed by atoms with Crippen LogP contribution in [0.5, 0.6) is 0 Å². The summed E-state index contributed by atoms with van der Waals surface area (Å²) in [6.07, 6.45) is 8.58. The van der Waals surface area contributed by atoms with E-state index < -0.39 is 0 Å². The second-order valence-electron chi connectivity index (χ2n) is 6.49. The highest BCUT2D eigenvalue weighted by molar-refractivity contribution is 4.96. The third kappa shape index (κ3) is 3.03. The maximum Gasteiger partial charge on any atom is 0.0306 e. The SMILES string of the molecule is CCNC(CC1CCC1)C(C)(C)N1CCCC1. The van der Waals surface area contributed by atoms with Gasteiger partial charge in [0.2, 0.25) is 0 Å². The highest BCUT2D eigenvalue weighted by Gasteiger charge is 2.38. The smallest absolute Gasteiger partial charge is 0.0306 e. The molecule has 0 radical (unpaired) electrons. The number of nitrogens with zero attached hydrogens (tertiary/aromatic N) is 1. The number of rotatable bonds is 6. The molecule has 0 bridgehead atoms. The van der Waals surface area contributed by atoms with Gasteiger partial charge in [-0.3, -0.25) is 4.90 Å². The van der Waals surface area contributed by atoms with Gasteiger partial charge in [-0.25, -0.2) is 0 Å². The minimum atomic E-state index is 0.335. The monoisotopic (exact) mass is 238 g/mol. The summed E-state index contributed by atoms with van der Waals surface area (Å²) in [5, 5.41) is 3.76. The minimum Gasteiger partial charge on any atom is -0.312 e. The normalized spacial score (nSPS) is 24.9. The molecule has 1 N–H and O–H groups in total. The predicted octanol–water partition coefficient (Wildman–Crippen LogP) is 3.03. The van der Waals surface area contributed by atoms with E-state index in [2.05, 4.69) is 31.0 Å². The number of hydrogen-bond acceptors (Lipinski definition) is 2. The second-order valence-corrected chi connectivity index (χ2v) is 6.49. The summed E-state index contributed by atoms with van der Waals surface area (Å²) in [7, 11) is 0. The van der Waals surface area contributed by atoms with Gasteiger partial charge in [-0.15, -0.1) is 0 Å². The van der Waals surface area contributed by atoms with Crippen LogP contribution in [-0.4, -0.2) is 36.1 Å². The van der Waals surface area contributed by atoms with E-state index in [4.69, 9.17) is 0 Å². The number of hydrogen-bond donors (Lipinski definition) is 1. The maximum absolute atomic E-state index is 3.76. The van der Waals surface area contributed by atoms with E-state index in [1.807, 2.05) is 0 Å². The van der Waals surface area contributed by atoms with Crippen LogP contribution < -0.4 is 5.32 Å². The molecule has 1 saturated heterocycles. The average Bonchev–Trinajstić information content (AvgIpc) is 2.74. The highest BCUT2D eigenvalue weighted by Crippen LogP contribution is 2.35. The minimum absolute atomic E-state index is 0.335. The van der Waals surface area contributed by atoms with Gasteiger partial charge in [0.05, 0.1) is 0 Å². The van der Waals surface area contributed by atoms with Gasteiger partial charge >= 0.3 is 0 Å². The van der Waals surface area contributed by atoms with Crippen molar-refractivity contribution in [2.75, 3.05) is 19.6 Å². The predicted molar refractivity (Wildman–Crippen MR) is 74.3 cm³/mol. The fraction of sp³-hybridized carbons (Fsp3) is 1.00. The molecule has 100 valence electrons. The van der Waals surface area contributed by atoms with E-state index in [0.29, 0.717) is 11.6 Å². The second kappa shape index (κ2) is 5.71. The Morgan fingerprint density at radius 3 is 2.29 bits per heavy atom. The summed E-state index contributed by atoms with van der Waals surface area (Å²) in [5.74, 6) is 1.00. The molecular formula is C15H30N2. The molecule has 2 rings (SSSR count). The summed E-state index contributed by atoms with van der Waals surface area (Å²) >= 11 is 0. The lowest BCUT2D eigenvalue weighted by Crippen LogP contribution is -2.57. The van der Waals surface area contributed by atoms with Crippen molar-refractivity contribution in [3.63, 3.8) is 0 Å². The van der Waals surface area contributed by atoms with E-state index in [1.54, 1.807) is 0 Å². The summed E-state index contributed by atoms with van der Waals surface area (Å²) < 4.78 is 0. The van der Waals surface area contributed by atoms with E-state index in [9.17, 15) is 0 Å². The molecule has 1 aliphatic heterocycles. The van der Waals surface area contributed by atoms with Crippen molar-refractivity contribution in [3.05, 3.63) is 0 Å². The van der Waals surface area contributed by atoms with E-state index in [1.165, 1.54) is 51.6 Å². The number of likely N-dealkylation sites (tertiary alicyclic amines) is 1. The van der Waals surface area contributed by atoms with Gasteiger partial charge in [0.25, 0.3) is 0 Å². The summed E-state index contributed by atoms with van der Waals surface area (Å²) in [6.45, 7) is 10.9. The molecule has 0 aromatic rings. The van der Waals surface area contributed by atoms with Gasteiger partial charge < -0.3 is 5.32 Å². The van der Waals surface area contributed by atoms with Crippen molar-refractivity contribution in [2.24, 2.45) is 5.92 Å². The van der Waals surface area contributed by atoms with Crippen molar-refractivity contribution in [3.8, 4) is 0 Å². The first kappa shape index (κ1) is 13.4. The zero-order valence-corrected chi connectivity index (χ0v) is 12.0. The van der Waals surface area contributed by atoms with Crippen LogP contribution in [0.25, 0.3) is 0 Å². The molecule has 0 amide bonds. The van der Waals surface area contributed by atoms with Gasteiger partial charge in [-0.2, -0.15) is 0 Å². The molecule has 1 heterocycles. The lowest BCUT2D eigenvalue weighted by atomic mass is 9.76. The van der Waals surface area contributed by atoms with E-state index in [-0.39, 0.29) is 0 Å². The number of nitrogens with one attached hydrogen (secondary N) is 1. The average molecular weight is 238 g/mol. The first-order valence-corrected chi connectivity index (χ1v) is 7.63. The van der Waals surface area contributed by atoms with Crippen LogP contribution in [0.15, 0.2) is 0 Å². The summed E-state index contributed by atoms with van der Waals surface area (Å²) in [5.41, 5.74) is 0.335. The zero-order valence-electron chi connectivity index (χ0n) is 12.0. The Kier molecular flexibility index (Phi) is 4.48. The lowest BCUT2D eigenvalue weighted by molar-refractivity contribution is 0.0849. The van der Waals surface area contributed by atoms with Gasteiger partial charge in [0.1, 0.15) is 0 Å². The maximum atomic E-state index is 3.76. The zero-order chi connectivity index (χ0) is 12.3. The Labute approximate surface area is 107 Å². The molecule has 0 aromatic carbocycles. The molecule has 1 saturated carbocycles. The van der Waals surface area contributed by atoms with Crippen molar-refractivity contribution < 1.29 is 0 Å². The Balaban J connectivity index is 1.95. The molecule has 0 aromatic heterocycles. The molecule has 1 unspecified atom stereocenters. The van der Waals surface area contributed by atoms with Gasteiger partial charge in [-0.1, -0.05) is 26.2 Å². The van der Waals surface area contributed by atoms with E-state index >= 15 is 0 Å². The Morgan fingerprint density at radius 1 is 1.18 bits per heavy atom. The Morgan fingerprint density at radius 2 is 1.82 bits per heavy atom. The molecule has 2 aliphatic rings. The quantitative estimate of drug-likeness (QED) is 0.765. The summed E-state index contributed by atoms with van der Waals surface area (Å²) in [4.78, 5) is 2.71. The fourth-order valence-corrected chi connectivity index (χ4v) is 3.44. The Hall–Kier alpha value is -0.0800. The molecule has 2 fully saturated rings. The van der Waals surface area contributed by atoms with Gasteiger partial charge in [-0.05, 0) is 58.7 Å². The van der Waals surface area contributed by atoms with E-state index in [0.717, 1.165) is 12.5 Å². The highest BCUT2D eigenvalue weighted by atomic mass is 15.2. The van der Waals surface area contributed by atoms with Gasteiger partial charge in [0, 0.05) is 11.6 Å². The third-order valence-corrected chi connectivity index (χ3v) is 5.02. The van der Waals surface area contributed by atoms with Crippen LogP contribution >= 0.6 is 0 Å². The lowest BCUT2D eigenvalue weighted by Gasteiger charge is -2.45. The van der Waals surface area contributed by atoms with Crippen molar-refractivity contribution in [1.82, 2.24) is 10.2 Å². The van der Waals surface area contributed by atoms with Crippen molar-refractivity contribution in [1.29, 1.82) is 0 Å². The van der Waals surface area contributed by atoms with Crippen LogP contribution in [0, 0.1) is 5.92 Å².